The molecule has 0 bridgehead atoms. The first-order valence-electron chi connectivity index (χ1n) is 6.62. The van der Waals surface area contributed by atoms with Crippen LogP contribution in [0.1, 0.15) is 52.3 Å². The van der Waals surface area contributed by atoms with E-state index in [9.17, 15) is 0 Å². The second-order valence-corrected chi connectivity index (χ2v) is 7.92. The van der Waals surface area contributed by atoms with Crippen molar-refractivity contribution in [3.8, 4) is 0 Å². The van der Waals surface area contributed by atoms with E-state index in [4.69, 9.17) is 0 Å². The standard InChI is InChI=1S/C13H23N3S2/c1-13(2,3)11-15-12(18-16-11)14-9-5-7-10(17-4)8-6-9/h9-10H,5-8H2,1-4H3,(H,14,15,16). The zero-order valence-electron chi connectivity index (χ0n) is 11.7. The summed E-state index contributed by atoms with van der Waals surface area (Å²) in [6.07, 6.45) is 7.39. The molecule has 1 N–H and O–H groups in total. The molecule has 1 fully saturated rings. The first-order chi connectivity index (χ1) is 8.49. The molecule has 0 radical (unpaired) electrons. The number of rotatable bonds is 3. The van der Waals surface area contributed by atoms with Gasteiger partial charge in [-0.3, -0.25) is 0 Å². The van der Waals surface area contributed by atoms with E-state index in [-0.39, 0.29) is 5.41 Å². The van der Waals surface area contributed by atoms with Gasteiger partial charge < -0.3 is 5.32 Å². The lowest BCUT2D eigenvalue weighted by Crippen LogP contribution is -2.27. The SMILES string of the molecule is CSC1CCC(Nc2nc(C(C)(C)C)ns2)CC1. The van der Waals surface area contributed by atoms with Crippen molar-refractivity contribution >= 4 is 28.4 Å². The lowest BCUT2D eigenvalue weighted by Gasteiger charge is -2.27. The summed E-state index contributed by atoms with van der Waals surface area (Å²) in [6, 6.07) is 0.592. The maximum Gasteiger partial charge on any atom is 0.202 e. The van der Waals surface area contributed by atoms with Gasteiger partial charge >= 0.3 is 0 Å². The van der Waals surface area contributed by atoms with Crippen LogP contribution in [0.5, 0.6) is 0 Å². The fourth-order valence-electron chi connectivity index (χ4n) is 2.20. The summed E-state index contributed by atoms with van der Waals surface area (Å²) in [6.45, 7) is 6.47. The Hall–Kier alpha value is -0.290. The van der Waals surface area contributed by atoms with E-state index in [1.54, 1.807) is 0 Å². The number of aromatic nitrogens is 2. The summed E-state index contributed by atoms with van der Waals surface area (Å²) in [5.41, 5.74) is 0.0486. The molecule has 1 aromatic rings. The molecule has 3 nitrogen and oxygen atoms in total. The van der Waals surface area contributed by atoms with Gasteiger partial charge in [0.25, 0.3) is 0 Å². The average Bonchev–Trinajstić information content (AvgIpc) is 2.78. The van der Waals surface area contributed by atoms with Crippen molar-refractivity contribution in [3.05, 3.63) is 5.82 Å². The third kappa shape index (κ3) is 3.60. The van der Waals surface area contributed by atoms with Crippen LogP contribution in [0.25, 0.3) is 0 Å². The maximum absolute atomic E-state index is 4.61. The number of thioether (sulfide) groups is 1. The molecule has 18 heavy (non-hydrogen) atoms. The van der Waals surface area contributed by atoms with Crippen LogP contribution in [0, 0.1) is 0 Å². The third-order valence-electron chi connectivity index (χ3n) is 3.43. The molecule has 0 aliphatic heterocycles. The Balaban J connectivity index is 1.89. The van der Waals surface area contributed by atoms with Crippen molar-refractivity contribution in [2.45, 2.75) is 63.2 Å². The van der Waals surface area contributed by atoms with Crippen molar-refractivity contribution < 1.29 is 0 Å². The Kier molecular flexibility index (Phi) is 4.54. The highest BCUT2D eigenvalue weighted by molar-refractivity contribution is 7.99. The summed E-state index contributed by atoms with van der Waals surface area (Å²) in [5.74, 6) is 0.952. The highest BCUT2D eigenvalue weighted by Gasteiger charge is 2.23. The quantitative estimate of drug-likeness (QED) is 0.913. The second-order valence-electron chi connectivity index (χ2n) is 6.03. The maximum atomic E-state index is 4.61. The number of nitrogens with one attached hydrogen (secondary N) is 1. The van der Waals surface area contributed by atoms with E-state index in [1.165, 1.54) is 37.2 Å². The monoisotopic (exact) mass is 285 g/mol. The van der Waals surface area contributed by atoms with Crippen molar-refractivity contribution in [2.75, 3.05) is 11.6 Å². The van der Waals surface area contributed by atoms with Gasteiger partial charge in [0, 0.05) is 28.2 Å². The van der Waals surface area contributed by atoms with Gasteiger partial charge in [0.1, 0.15) is 5.82 Å². The molecule has 0 spiro atoms. The molecule has 0 unspecified atom stereocenters. The average molecular weight is 285 g/mol. The van der Waals surface area contributed by atoms with Gasteiger partial charge in [0.15, 0.2) is 0 Å². The molecule has 1 aliphatic carbocycles. The van der Waals surface area contributed by atoms with Crippen molar-refractivity contribution in [2.24, 2.45) is 0 Å². The van der Waals surface area contributed by atoms with Crippen molar-refractivity contribution in [3.63, 3.8) is 0 Å². The van der Waals surface area contributed by atoms with Crippen LogP contribution < -0.4 is 5.32 Å². The molecule has 0 amide bonds. The molecule has 5 heteroatoms. The van der Waals surface area contributed by atoms with E-state index in [0.717, 1.165) is 16.2 Å². The van der Waals surface area contributed by atoms with Gasteiger partial charge in [-0.1, -0.05) is 20.8 Å². The van der Waals surface area contributed by atoms with Gasteiger partial charge in [0.2, 0.25) is 5.13 Å². The number of nitrogens with zero attached hydrogens (tertiary/aromatic N) is 2. The summed E-state index contributed by atoms with van der Waals surface area (Å²) < 4.78 is 4.45. The number of anilines is 1. The molecule has 0 atom stereocenters. The first kappa shape index (κ1) is 14.1. The van der Waals surface area contributed by atoms with Crippen LogP contribution in [0.15, 0.2) is 0 Å². The van der Waals surface area contributed by atoms with E-state index in [2.05, 4.69) is 41.7 Å². The van der Waals surface area contributed by atoms with E-state index in [0.29, 0.717) is 6.04 Å². The minimum atomic E-state index is 0.0486. The van der Waals surface area contributed by atoms with Gasteiger partial charge in [-0.25, -0.2) is 4.98 Å². The van der Waals surface area contributed by atoms with Crippen LogP contribution in [-0.4, -0.2) is 26.9 Å². The fourth-order valence-corrected chi connectivity index (χ4v) is 3.78. The third-order valence-corrected chi connectivity index (χ3v) is 5.22. The summed E-state index contributed by atoms with van der Waals surface area (Å²) in [7, 11) is 0. The van der Waals surface area contributed by atoms with Gasteiger partial charge in [-0.2, -0.15) is 16.1 Å². The molecule has 102 valence electrons. The molecular formula is C13H23N3S2. The topological polar surface area (TPSA) is 37.8 Å². The van der Waals surface area contributed by atoms with E-state index < -0.39 is 0 Å². The van der Waals surface area contributed by atoms with Crippen LogP contribution in [0.3, 0.4) is 0 Å². The fraction of sp³-hybridized carbons (Fsp3) is 0.846. The molecule has 0 saturated heterocycles. The molecular weight excluding hydrogens is 262 g/mol. The highest BCUT2D eigenvalue weighted by atomic mass is 32.2. The van der Waals surface area contributed by atoms with Crippen LogP contribution in [0.2, 0.25) is 0 Å². The van der Waals surface area contributed by atoms with Gasteiger partial charge in [-0.15, -0.1) is 0 Å². The number of hydrogen-bond donors (Lipinski definition) is 1. The summed E-state index contributed by atoms with van der Waals surface area (Å²) in [4.78, 5) is 4.61. The summed E-state index contributed by atoms with van der Waals surface area (Å²) >= 11 is 3.51. The minimum Gasteiger partial charge on any atom is -0.358 e. The number of hydrogen-bond acceptors (Lipinski definition) is 5. The Morgan fingerprint density at radius 1 is 1.22 bits per heavy atom. The first-order valence-corrected chi connectivity index (χ1v) is 8.68. The van der Waals surface area contributed by atoms with Crippen LogP contribution >= 0.6 is 23.3 Å². The lowest BCUT2D eigenvalue weighted by atomic mass is 9.95. The van der Waals surface area contributed by atoms with E-state index in [1.807, 2.05) is 11.8 Å². The van der Waals surface area contributed by atoms with Crippen LogP contribution in [-0.2, 0) is 5.41 Å². The predicted molar refractivity (Wildman–Crippen MR) is 81.8 cm³/mol. The van der Waals surface area contributed by atoms with Crippen molar-refractivity contribution in [1.29, 1.82) is 0 Å². The predicted octanol–water partition coefficient (Wildman–Crippen LogP) is 3.92. The summed E-state index contributed by atoms with van der Waals surface area (Å²) in [5, 5.41) is 5.41. The zero-order chi connectivity index (χ0) is 13.2. The molecule has 1 aromatic heterocycles. The zero-order valence-corrected chi connectivity index (χ0v) is 13.3. The molecule has 0 aromatic carbocycles. The Bertz CT molecular complexity index is 376. The van der Waals surface area contributed by atoms with Gasteiger partial charge in [0.05, 0.1) is 0 Å². The van der Waals surface area contributed by atoms with E-state index >= 15 is 0 Å². The molecule has 1 saturated carbocycles. The van der Waals surface area contributed by atoms with Crippen molar-refractivity contribution in [1.82, 2.24) is 9.36 Å². The Morgan fingerprint density at radius 3 is 2.39 bits per heavy atom. The highest BCUT2D eigenvalue weighted by Crippen LogP contribution is 2.30. The van der Waals surface area contributed by atoms with Crippen LogP contribution in [0.4, 0.5) is 5.13 Å². The normalized spacial score (nSPS) is 25.1. The smallest absolute Gasteiger partial charge is 0.202 e. The molecule has 1 heterocycles. The van der Waals surface area contributed by atoms with Gasteiger partial charge in [-0.05, 0) is 31.9 Å². The molecule has 1 aliphatic rings. The Labute approximate surface area is 118 Å². The Morgan fingerprint density at radius 2 is 1.89 bits per heavy atom. The lowest BCUT2D eigenvalue weighted by molar-refractivity contribution is 0.472. The second kappa shape index (κ2) is 5.78. The molecule has 2 rings (SSSR count). The largest absolute Gasteiger partial charge is 0.358 e. The minimum absolute atomic E-state index is 0.0486.